The molecule has 0 aromatic rings. The van der Waals surface area contributed by atoms with E-state index >= 15 is 0 Å². The number of nitrogens with one attached hydrogen (secondary N) is 1. The highest BCUT2D eigenvalue weighted by atomic mass is 16.4. The Hall–Kier alpha value is -1.63. The fourth-order valence-corrected chi connectivity index (χ4v) is 4.15. The van der Waals surface area contributed by atoms with Crippen molar-refractivity contribution in [2.75, 3.05) is 6.54 Å². The second-order valence-electron chi connectivity index (χ2n) is 9.69. The number of hydrogen-bond acceptors (Lipinski definition) is 4. The molecule has 200 valence electrons. The second kappa shape index (κ2) is 24.5. The minimum Gasteiger partial charge on any atom is -0.481 e. The monoisotopic (exact) mass is 484 g/mol. The van der Waals surface area contributed by atoms with Crippen LogP contribution in [0.5, 0.6) is 0 Å². The number of nitrogens with two attached hydrogens (primary N) is 1. The summed E-state index contributed by atoms with van der Waals surface area (Å²) in [5.74, 6) is -1.61. The van der Waals surface area contributed by atoms with Gasteiger partial charge in [0, 0.05) is 19.4 Å². The van der Waals surface area contributed by atoms with Gasteiger partial charge in [-0.05, 0) is 25.7 Å². The fraction of sp³-hybridized carbons (Fsp3) is 0.889. The Morgan fingerprint density at radius 1 is 0.559 bits per heavy atom. The van der Waals surface area contributed by atoms with E-state index in [2.05, 4.69) is 5.32 Å². The summed E-state index contributed by atoms with van der Waals surface area (Å²) in [6.45, 7) is 0.497. The predicted molar refractivity (Wildman–Crippen MR) is 138 cm³/mol. The smallest absolute Gasteiger partial charge is 0.320 e. The van der Waals surface area contributed by atoms with Gasteiger partial charge in [0.1, 0.15) is 6.04 Å². The Morgan fingerprint density at radius 2 is 0.912 bits per heavy atom. The molecule has 0 aliphatic rings. The zero-order valence-electron chi connectivity index (χ0n) is 21.5. The first kappa shape index (κ1) is 32.4. The summed E-state index contributed by atoms with van der Waals surface area (Å²) in [5, 5.41) is 20.1. The van der Waals surface area contributed by atoms with Gasteiger partial charge in [-0.1, -0.05) is 103 Å². The molecule has 0 radical (unpaired) electrons. The number of carboxylic acid groups (broad SMARTS) is 2. The summed E-state index contributed by atoms with van der Waals surface area (Å²) in [7, 11) is 0. The summed E-state index contributed by atoms with van der Waals surface area (Å²) >= 11 is 0. The van der Waals surface area contributed by atoms with Crippen molar-refractivity contribution in [3.8, 4) is 0 Å². The topological polar surface area (TPSA) is 130 Å². The van der Waals surface area contributed by atoms with Gasteiger partial charge in [-0.15, -0.1) is 0 Å². The molecule has 0 saturated carbocycles. The number of carboxylic acids is 2. The van der Waals surface area contributed by atoms with E-state index in [1.165, 1.54) is 89.9 Å². The molecule has 34 heavy (non-hydrogen) atoms. The van der Waals surface area contributed by atoms with Gasteiger partial charge in [-0.25, -0.2) is 0 Å². The quantitative estimate of drug-likeness (QED) is 0.108. The lowest BCUT2D eigenvalue weighted by Gasteiger charge is -2.07. The average Bonchev–Trinajstić information content (AvgIpc) is 2.80. The zero-order chi connectivity index (χ0) is 25.3. The lowest BCUT2D eigenvalue weighted by atomic mass is 10.0. The van der Waals surface area contributed by atoms with Gasteiger partial charge in [0.05, 0.1) is 0 Å². The first-order valence-electron chi connectivity index (χ1n) is 13.9. The standard InChI is InChI=1S/C27H52N2O5/c28-24(27(33)34)20-19-23-29-25(30)21-17-15-13-11-9-7-5-3-1-2-4-6-8-10-12-14-16-18-22-26(31)32/h24H,1-23,28H2,(H,29,30)(H,31,32)(H,33,34)/t24-/m1/s1. The van der Waals surface area contributed by atoms with Crippen molar-refractivity contribution in [2.24, 2.45) is 5.73 Å². The third-order valence-electron chi connectivity index (χ3n) is 6.38. The maximum absolute atomic E-state index is 11.7. The molecule has 0 rings (SSSR count). The van der Waals surface area contributed by atoms with Crippen LogP contribution in [0.1, 0.15) is 141 Å². The van der Waals surface area contributed by atoms with Crippen molar-refractivity contribution < 1.29 is 24.6 Å². The van der Waals surface area contributed by atoms with E-state index in [1.54, 1.807) is 0 Å². The van der Waals surface area contributed by atoms with Gasteiger partial charge in [0.25, 0.3) is 0 Å². The number of carbonyl (C=O) groups is 3. The molecule has 0 bridgehead atoms. The molecule has 0 aromatic carbocycles. The molecule has 0 aromatic heterocycles. The number of aliphatic carboxylic acids is 2. The first-order valence-corrected chi connectivity index (χ1v) is 13.9. The molecule has 0 spiro atoms. The molecule has 7 nitrogen and oxygen atoms in total. The second-order valence-corrected chi connectivity index (χ2v) is 9.69. The van der Waals surface area contributed by atoms with Crippen molar-refractivity contribution in [2.45, 2.75) is 147 Å². The van der Waals surface area contributed by atoms with Crippen LogP contribution in [0.4, 0.5) is 0 Å². The van der Waals surface area contributed by atoms with E-state index in [1.807, 2.05) is 0 Å². The highest BCUT2D eigenvalue weighted by Crippen LogP contribution is 2.14. The largest absolute Gasteiger partial charge is 0.481 e. The molecule has 0 saturated heterocycles. The molecule has 1 amide bonds. The molecule has 5 N–H and O–H groups in total. The van der Waals surface area contributed by atoms with Crippen LogP contribution >= 0.6 is 0 Å². The summed E-state index contributed by atoms with van der Waals surface area (Å²) in [6, 6.07) is -0.840. The molecule has 1 atom stereocenters. The summed E-state index contributed by atoms with van der Waals surface area (Å²) < 4.78 is 0. The molecule has 0 unspecified atom stereocenters. The summed E-state index contributed by atoms with van der Waals surface area (Å²) in [6.07, 6.45) is 23.9. The predicted octanol–water partition coefficient (Wildman–Crippen LogP) is 6.18. The molecule has 0 fully saturated rings. The van der Waals surface area contributed by atoms with Crippen LogP contribution < -0.4 is 11.1 Å². The van der Waals surface area contributed by atoms with Gasteiger partial charge in [-0.2, -0.15) is 0 Å². The Bertz CT molecular complexity index is 513. The van der Waals surface area contributed by atoms with Crippen LogP contribution in [-0.4, -0.2) is 40.6 Å². The van der Waals surface area contributed by atoms with E-state index in [-0.39, 0.29) is 5.91 Å². The van der Waals surface area contributed by atoms with Gasteiger partial charge in [0.15, 0.2) is 0 Å². The molecule has 0 aliphatic carbocycles. The lowest BCUT2D eigenvalue weighted by molar-refractivity contribution is -0.139. The van der Waals surface area contributed by atoms with E-state index in [9.17, 15) is 14.4 Å². The van der Waals surface area contributed by atoms with Crippen LogP contribution in [0.25, 0.3) is 0 Å². The maximum atomic E-state index is 11.7. The van der Waals surface area contributed by atoms with Gasteiger partial charge < -0.3 is 21.3 Å². The zero-order valence-corrected chi connectivity index (χ0v) is 21.5. The molecule has 7 heteroatoms. The van der Waals surface area contributed by atoms with Crippen LogP contribution in [0.2, 0.25) is 0 Å². The Kier molecular flexibility index (Phi) is 23.3. The molecular formula is C27H52N2O5. The van der Waals surface area contributed by atoms with E-state index in [4.69, 9.17) is 15.9 Å². The SMILES string of the molecule is N[C@H](CCCNC(=O)CCCCCCCCCCCCCCCCCCCCC(=O)O)C(=O)O. The van der Waals surface area contributed by atoms with Crippen molar-refractivity contribution in [3.63, 3.8) is 0 Å². The minimum atomic E-state index is -0.992. The van der Waals surface area contributed by atoms with Crippen molar-refractivity contribution in [3.05, 3.63) is 0 Å². The molecular weight excluding hydrogens is 432 g/mol. The van der Waals surface area contributed by atoms with Gasteiger partial charge in [0.2, 0.25) is 5.91 Å². The van der Waals surface area contributed by atoms with Gasteiger partial charge in [-0.3, -0.25) is 14.4 Å². The Labute approximate surface area is 207 Å². The number of carbonyl (C=O) groups excluding carboxylic acids is 1. The van der Waals surface area contributed by atoms with Crippen molar-refractivity contribution >= 4 is 17.8 Å². The van der Waals surface area contributed by atoms with E-state index < -0.39 is 18.0 Å². The highest BCUT2D eigenvalue weighted by molar-refractivity contribution is 5.75. The van der Waals surface area contributed by atoms with E-state index in [0.29, 0.717) is 32.2 Å². The van der Waals surface area contributed by atoms with Gasteiger partial charge >= 0.3 is 11.9 Å². The number of unbranched alkanes of at least 4 members (excludes halogenated alkanes) is 17. The first-order chi connectivity index (χ1) is 16.4. The lowest BCUT2D eigenvalue weighted by Crippen LogP contribution is -2.32. The number of rotatable bonds is 26. The minimum absolute atomic E-state index is 0.0527. The Balaban J connectivity index is 3.18. The number of amides is 1. The fourth-order valence-electron chi connectivity index (χ4n) is 4.15. The maximum Gasteiger partial charge on any atom is 0.320 e. The van der Waals surface area contributed by atoms with Crippen molar-refractivity contribution in [1.29, 1.82) is 0 Å². The van der Waals surface area contributed by atoms with Crippen LogP contribution in [0.15, 0.2) is 0 Å². The Morgan fingerprint density at radius 3 is 1.26 bits per heavy atom. The summed E-state index contributed by atoms with van der Waals surface area (Å²) in [4.78, 5) is 32.8. The third-order valence-corrected chi connectivity index (χ3v) is 6.38. The van der Waals surface area contributed by atoms with Crippen molar-refractivity contribution in [1.82, 2.24) is 5.32 Å². The number of hydrogen-bond donors (Lipinski definition) is 4. The van der Waals surface area contributed by atoms with Crippen LogP contribution in [0.3, 0.4) is 0 Å². The third kappa shape index (κ3) is 25.0. The van der Waals surface area contributed by atoms with Crippen LogP contribution in [-0.2, 0) is 14.4 Å². The van der Waals surface area contributed by atoms with Crippen LogP contribution in [0, 0.1) is 0 Å². The average molecular weight is 485 g/mol. The normalized spacial score (nSPS) is 11.9. The highest BCUT2D eigenvalue weighted by Gasteiger charge is 2.10. The summed E-state index contributed by atoms with van der Waals surface area (Å²) in [5.41, 5.74) is 5.43. The van der Waals surface area contributed by atoms with E-state index in [0.717, 1.165) is 25.7 Å². The molecule has 0 aliphatic heterocycles. The molecule has 0 heterocycles.